The van der Waals surface area contributed by atoms with E-state index < -0.39 is 6.03 Å². The Morgan fingerprint density at radius 3 is 2.96 bits per heavy atom. The lowest BCUT2D eigenvalue weighted by atomic mass is 10.1. The molecule has 136 valence electrons. The number of amides is 2. The molecule has 1 aliphatic rings. The Morgan fingerprint density at radius 2 is 2.27 bits per heavy atom. The van der Waals surface area contributed by atoms with E-state index in [1.54, 1.807) is 23.3 Å². The Bertz CT molecular complexity index is 968. The van der Waals surface area contributed by atoms with Crippen molar-refractivity contribution in [3.63, 3.8) is 0 Å². The molecule has 1 aromatic carbocycles. The fraction of sp³-hybridized carbons (Fsp3) is 0.353. The van der Waals surface area contributed by atoms with E-state index >= 15 is 0 Å². The minimum Gasteiger partial charge on any atom is -0.494 e. The second-order valence-corrected chi connectivity index (χ2v) is 8.01. The molecule has 3 heterocycles. The van der Waals surface area contributed by atoms with Crippen LogP contribution < -0.4 is 10.5 Å². The Morgan fingerprint density at radius 1 is 1.42 bits per heavy atom. The Balaban J connectivity index is 1.86. The summed E-state index contributed by atoms with van der Waals surface area (Å²) in [5, 5.41) is 3.83. The van der Waals surface area contributed by atoms with Crippen molar-refractivity contribution < 1.29 is 14.3 Å². The van der Waals surface area contributed by atoms with Crippen LogP contribution >= 0.6 is 22.7 Å². The highest BCUT2D eigenvalue weighted by molar-refractivity contribution is 7.19. The van der Waals surface area contributed by atoms with Crippen LogP contribution in [0.2, 0.25) is 0 Å². The molecule has 0 bridgehead atoms. The standard InChI is InChI=1S/C17H18N4O3S2/c1-9-19-11(8-25-9)10-3-4-13(23-2)14-15(10)26-16(20-14)12-7-24-6-5-21(12)17(18)22/h3-4,8,12H,5-7H2,1-2H3,(H2,18,22). The van der Waals surface area contributed by atoms with Crippen molar-refractivity contribution in [3.8, 4) is 17.0 Å². The van der Waals surface area contributed by atoms with E-state index in [0.29, 0.717) is 25.5 Å². The third-order valence-corrected chi connectivity index (χ3v) is 6.30. The van der Waals surface area contributed by atoms with Crippen LogP contribution in [0.4, 0.5) is 4.79 Å². The maximum Gasteiger partial charge on any atom is 0.315 e. The average molecular weight is 390 g/mol. The van der Waals surface area contributed by atoms with E-state index in [-0.39, 0.29) is 6.04 Å². The lowest BCUT2D eigenvalue weighted by Gasteiger charge is -2.32. The normalized spacial score (nSPS) is 17.6. The Labute approximate surface area is 158 Å². The van der Waals surface area contributed by atoms with Crippen molar-refractivity contribution in [2.45, 2.75) is 13.0 Å². The number of carbonyl (C=O) groups is 1. The molecule has 7 nitrogen and oxygen atoms in total. The topological polar surface area (TPSA) is 90.6 Å². The molecule has 1 saturated heterocycles. The van der Waals surface area contributed by atoms with Crippen LogP contribution in [0.25, 0.3) is 21.5 Å². The van der Waals surface area contributed by atoms with Crippen molar-refractivity contribution in [2.24, 2.45) is 5.73 Å². The summed E-state index contributed by atoms with van der Waals surface area (Å²) in [6, 6.07) is 3.16. The number of thiazole rings is 2. The first-order valence-corrected chi connectivity index (χ1v) is 9.82. The molecule has 2 aromatic heterocycles. The molecule has 1 unspecified atom stereocenters. The molecule has 4 rings (SSSR count). The number of benzene rings is 1. The van der Waals surface area contributed by atoms with Crippen LogP contribution in [-0.2, 0) is 4.74 Å². The predicted molar refractivity (Wildman–Crippen MR) is 102 cm³/mol. The number of primary amides is 1. The van der Waals surface area contributed by atoms with Gasteiger partial charge >= 0.3 is 6.03 Å². The zero-order chi connectivity index (χ0) is 18.3. The van der Waals surface area contributed by atoms with Gasteiger partial charge in [0.15, 0.2) is 0 Å². The van der Waals surface area contributed by atoms with Gasteiger partial charge in [-0.25, -0.2) is 14.8 Å². The van der Waals surface area contributed by atoms with Crippen LogP contribution in [0.1, 0.15) is 16.1 Å². The molecule has 0 radical (unpaired) electrons. The van der Waals surface area contributed by atoms with Gasteiger partial charge in [-0.1, -0.05) is 0 Å². The number of hydrogen-bond acceptors (Lipinski definition) is 7. The maximum absolute atomic E-state index is 11.8. The molecule has 0 aliphatic carbocycles. The Hall–Kier alpha value is -2.23. The number of morpholine rings is 1. The molecular weight excluding hydrogens is 372 g/mol. The fourth-order valence-electron chi connectivity index (χ4n) is 3.07. The van der Waals surface area contributed by atoms with Crippen molar-refractivity contribution in [3.05, 3.63) is 27.5 Å². The highest BCUT2D eigenvalue weighted by atomic mass is 32.1. The van der Waals surface area contributed by atoms with Crippen molar-refractivity contribution in [1.29, 1.82) is 0 Å². The zero-order valence-corrected chi connectivity index (χ0v) is 16.0. The first-order chi connectivity index (χ1) is 12.6. The van der Waals surface area contributed by atoms with Gasteiger partial charge in [-0.2, -0.15) is 0 Å². The number of methoxy groups -OCH3 is 1. The van der Waals surface area contributed by atoms with Crippen LogP contribution in [0.5, 0.6) is 5.75 Å². The smallest absolute Gasteiger partial charge is 0.315 e. The van der Waals surface area contributed by atoms with Gasteiger partial charge in [-0.05, 0) is 19.1 Å². The van der Waals surface area contributed by atoms with E-state index in [4.69, 9.17) is 20.2 Å². The number of aromatic nitrogens is 2. The molecule has 2 amide bonds. The van der Waals surface area contributed by atoms with Gasteiger partial charge in [-0.15, -0.1) is 22.7 Å². The number of rotatable bonds is 3. The minimum absolute atomic E-state index is 0.284. The van der Waals surface area contributed by atoms with Crippen molar-refractivity contribution in [2.75, 3.05) is 26.9 Å². The minimum atomic E-state index is -0.458. The van der Waals surface area contributed by atoms with Crippen LogP contribution in [0, 0.1) is 6.92 Å². The summed E-state index contributed by atoms with van der Waals surface area (Å²) in [6.45, 7) is 3.31. The molecule has 0 saturated carbocycles. The van der Waals surface area contributed by atoms with E-state index in [1.807, 2.05) is 24.4 Å². The molecule has 1 atom stereocenters. The van der Waals surface area contributed by atoms with Crippen LogP contribution in [0.15, 0.2) is 17.5 Å². The number of carbonyl (C=O) groups excluding carboxylic acids is 1. The van der Waals surface area contributed by atoms with E-state index in [2.05, 4.69) is 4.98 Å². The van der Waals surface area contributed by atoms with Crippen LogP contribution in [0.3, 0.4) is 0 Å². The number of aryl methyl sites for hydroxylation is 1. The lowest BCUT2D eigenvalue weighted by molar-refractivity contribution is 0.0137. The Kier molecular flexibility index (Phi) is 4.51. The van der Waals surface area contributed by atoms with Crippen LogP contribution in [-0.4, -0.2) is 47.8 Å². The third kappa shape index (κ3) is 2.91. The quantitative estimate of drug-likeness (QED) is 0.742. The maximum atomic E-state index is 11.8. The first kappa shape index (κ1) is 17.2. The van der Waals surface area contributed by atoms with E-state index in [9.17, 15) is 4.79 Å². The van der Waals surface area contributed by atoms with Gasteiger partial charge in [0.1, 0.15) is 22.3 Å². The molecule has 26 heavy (non-hydrogen) atoms. The largest absolute Gasteiger partial charge is 0.494 e. The highest BCUT2D eigenvalue weighted by Gasteiger charge is 2.30. The van der Waals surface area contributed by atoms with Gasteiger partial charge in [0.05, 0.1) is 35.7 Å². The number of nitrogens with zero attached hydrogens (tertiary/aromatic N) is 3. The molecular formula is C17H18N4O3S2. The summed E-state index contributed by atoms with van der Waals surface area (Å²) in [5.74, 6) is 0.695. The van der Waals surface area contributed by atoms with Crippen molar-refractivity contribution in [1.82, 2.24) is 14.9 Å². The van der Waals surface area contributed by atoms with Crippen molar-refractivity contribution >= 4 is 38.9 Å². The summed E-state index contributed by atoms with van der Waals surface area (Å²) in [7, 11) is 1.62. The zero-order valence-electron chi connectivity index (χ0n) is 14.4. The summed E-state index contributed by atoms with van der Waals surface area (Å²) in [4.78, 5) is 22.8. The number of urea groups is 1. The van der Waals surface area contributed by atoms with E-state index in [0.717, 1.165) is 31.5 Å². The monoisotopic (exact) mass is 390 g/mol. The molecule has 1 aliphatic heterocycles. The second kappa shape index (κ2) is 6.82. The number of nitrogens with two attached hydrogens (primary N) is 1. The number of hydrogen-bond donors (Lipinski definition) is 1. The summed E-state index contributed by atoms with van der Waals surface area (Å²) in [5.41, 5.74) is 8.24. The summed E-state index contributed by atoms with van der Waals surface area (Å²) in [6.07, 6.45) is 0. The molecule has 3 aromatic rings. The summed E-state index contributed by atoms with van der Waals surface area (Å²) < 4.78 is 12.0. The molecule has 0 spiro atoms. The number of fused-ring (bicyclic) bond motifs is 1. The van der Waals surface area contributed by atoms with Gasteiger partial charge in [-0.3, -0.25) is 0 Å². The van der Waals surface area contributed by atoms with E-state index in [1.165, 1.54) is 11.3 Å². The van der Waals surface area contributed by atoms with Gasteiger partial charge < -0.3 is 20.1 Å². The second-order valence-electron chi connectivity index (χ2n) is 5.92. The molecule has 1 fully saturated rings. The lowest BCUT2D eigenvalue weighted by Crippen LogP contribution is -2.45. The predicted octanol–water partition coefficient (Wildman–Crippen LogP) is 3.19. The third-order valence-electron chi connectivity index (χ3n) is 4.33. The summed E-state index contributed by atoms with van der Waals surface area (Å²) >= 11 is 3.14. The van der Waals surface area contributed by atoms with Gasteiger partial charge in [0.2, 0.25) is 0 Å². The highest BCUT2D eigenvalue weighted by Crippen LogP contribution is 2.41. The average Bonchev–Trinajstić information content (AvgIpc) is 3.27. The molecule has 2 N–H and O–H groups in total. The fourth-order valence-corrected chi connectivity index (χ4v) is 4.88. The number of ether oxygens (including phenoxy) is 2. The van der Waals surface area contributed by atoms with Gasteiger partial charge in [0, 0.05) is 17.5 Å². The molecule has 9 heteroatoms. The SMILES string of the molecule is COc1ccc(-c2csc(C)n2)c2sc(C3COCCN3C(N)=O)nc12. The first-order valence-electron chi connectivity index (χ1n) is 8.12. The van der Waals surface area contributed by atoms with Gasteiger partial charge in [0.25, 0.3) is 0 Å².